The van der Waals surface area contributed by atoms with E-state index >= 15 is 0 Å². The van der Waals surface area contributed by atoms with Crippen LogP contribution in [0.25, 0.3) is 0 Å². The number of nitrogens with zero attached hydrogens (tertiary/aromatic N) is 2. The summed E-state index contributed by atoms with van der Waals surface area (Å²) in [6.45, 7) is 0.591. The molecule has 1 aromatic rings. The van der Waals surface area contributed by atoms with Crippen molar-refractivity contribution in [2.24, 2.45) is 13.0 Å². The first-order valence-corrected chi connectivity index (χ1v) is 8.29. The lowest BCUT2D eigenvalue weighted by Gasteiger charge is -2.25. The lowest BCUT2D eigenvalue weighted by atomic mass is 10.2. The molecule has 1 N–H and O–H groups in total. The second-order valence-electron chi connectivity index (χ2n) is 5.57. The molecule has 2 atom stereocenters. The zero-order valence-electron chi connectivity index (χ0n) is 11.7. The molecule has 0 bridgehead atoms. The van der Waals surface area contributed by atoms with Gasteiger partial charge in [0.2, 0.25) is 10.0 Å². The van der Waals surface area contributed by atoms with Crippen LogP contribution in [0, 0.1) is 5.92 Å². The van der Waals surface area contributed by atoms with Gasteiger partial charge in [0.05, 0.1) is 0 Å². The molecular formula is C13H19N3O3S. The highest BCUT2D eigenvalue weighted by atomic mass is 32.2. The molecule has 2 fully saturated rings. The van der Waals surface area contributed by atoms with E-state index < -0.39 is 10.0 Å². The minimum atomic E-state index is -3.48. The van der Waals surface area contributed by atoms with Crippen LogP contribution in [-0.4, -0.2) is 42.8 Å². The number of sulfonamides is 1. The number of amides is 1. The summed E-state index contributed by atoms with van der Waals surface area (Å²) in [6.07, 6.45) is 4.56. The Kier molecular flexibility index (Phi) is 3.13. The van der Waals surface area contributed by atoms with Crippen molar-refractivity contribution in [3.63, 3.8) is 0 Å². The minimum absolute atomic E-state index is 0.178. The molecule has 2 aliphatic rings. The smallest absolute Gasteiger partial charge is 0.267 e. The SMILES string of the molecule is CNC(=O)c1cc(S(=O)(=O)N2CCC[C@H]3C[C@H]32)cn1C. The van der Waals surface area contributed by atoms with Crippen LogP contribution in [0.5, 0.6) is 0 Å². The number of aryl methyl sites for hydroxylation is 1. The Labute approximate surface area is 118 Å². The Morgan fingerprint density at radius 1 is 1.45 bits per heavy atom. The van der Waals surface area contributed by atoms with Crippen molar-refractivity contribution in [3.8, 4) is 0 Å². The molecule has 1 saturated heterocycles. The third kappa shape index (κ3) is 2.05. The van der Waals surface area contributed by atoms with E-state index in [2.05, 4.69) is 5.32 Å². The number of hydrogen-bond donors (Lipinski definition) is 1. The van der Waals surface area contributed by atoms with Gasteiger partial charge in [0.15, 0.2) is 0 Å². The van der Waals surface area contributed by atoms with Crippen molar-refractivity contribution in [2.45, 2.75) is 30.2 Å². The molecule has 20 heavy (non-hydrogen) atoms. The standard InChI is InChI=1S/C13H19N3O3S/c1-14-13(17)12-7-10(8-15(12)2)20(18,19)16-5-3-4-9-6-11(9)16/h7-9,11H,3-6H2,1-2H3,(H,14,17)/t9-,11+/m0/s1. The first-order chi connectivity index (χ1) is 9.45. The van der Waals surface area contributed by atoms with Gasteiger partial charge in [-0.3, -0.25) is 4.79 Å². The van der Waals surface area contributed by atoms with Gasteiger partial charge in [-0.25, -0.2) is 8.42 Å². The maximum absolute atomic E-state index is 12.7. The number of carbonyl (C=O) groups excluding carboxylic acids is 1. The Balaban J connectivity index is 1.93. The average molecular weight is 297 g/mol. The highest BCUT2D eigenvalue weighted by Crippen LogP contribution is 2.45. The monoisotopic (exact) mass is 297 g/mol. The highest BCUT2D eigenvalue weighted by molar-refractivity contribution is 7.89. The molecule has 6 nitrogen and oxygen atoms in total. The van der Waals surface area contributed by atoms with Crippen LogP contribution in [0.15, 0.2) is 17.2 Å². The Morgan fingerprint density at radius 3 is 2.90 bits per heavy atom. The Bertz CT molecular complexity index is 650. The summed E-state index contributed by atoms with van der Waals surface area (Å²) in [6, 6.07) is 1.64. The molecule has 0 unspecified atom stereocenters. The van der Waals surface area contributed by atoms with Crippen molar-refractivity contribution in [1.82, 2.24) is 14.2 Å². The molecule has 110 valence electrons. The number of hydrogen-bond acceptors (Lipinski definition) is 3. The normalized spacial score (nSPS) is 26.1. The van der Waals surface area contributed by atoms with Gasteiger partial charge in [-0.2, -0.15) is 4.31 Å². The van der Waals surface area contributed by atoms with Crippen molar-refractivity contribution >= 4 is 15.9 Å². The summed E-state index contributed by atoms with van der Waals surface area (Å²) in [5.74, 6) is 0.262. The van der Waals surface area contributed by atoms with Crippen molar-refractivity contribution in [2.75, 3.05) is 13.6 Å². The molecule has 3 rings (SSSR count). The maximum atomic E-state index is 12.7. The zero-order chi connectivity index (χ0) is 14.5. The van der Waals surface area contributed by atoms with Crippen LogP contribution >= 0.6 is 0 Å². The summed E-state index contributed by atoms with van der Waals surface area (Å²) in [4.78, 5) is 11.9. The summed E-state index contributed by atoms with van der Waals surface area (Å²) >= 11 is 0. The molecule has 2 heterocycles. The molecule has 1 amide bonds. The van der Waals surface area contributed by atoms with Crippen LogP contribution < -0.4 is 5.32 Å². The number of fused-ring (bicyclic) bond motifs is 1. The van der Waals surface area contributed by atoms with Gasteiger partial charge < -0.3 is 9.88 Å². The quantitative estimate of drug-likeness (QED) is 0.886. The van der Waals surface area contributed by atoms with Gasteiger partial charge in [-0.1, -0.05) is 0 Å². The van der Waals surface area contributed by atoms with E-state index in [-0.39, 0.29) is 16.8 Å². The fourth-order valence-corrected chi connectivity index (χ4v) is 4.84. The average Bonchev–Trinajstić information content (AvgIpc) is 3.11. The van der Waals surface area contributed by atoms with Crippen LogP contribution in [0.2, 0.25) is 0 Å². The molecule has 1 aromatic heterocycles. The van der Waals surface area contributed by atoms with Crippen LogP contribution in [0.1, 0.15) is 29.8 Å². The van der Waals surface area contributed by atoms with E-state index in [0.717, 1.165) is 19.3 Å². The topological polar surface area (TPSA) is 71.4 Å². The fraction of sp³-hybridized carbons (Fsp3) is 0.615. The van der Waals surface area contributed by atoms with Crippen molar-refractivity contribution < 1.29 is 13.2 Å². The van der Waals surface area contributed by atoms with Gasteiger partial charge in [-0.05, 0) is 31.2 Å². The second-order valence-corrected chi connectivity index (χ2v) is 7.46. The maximum Gasteiger partial charge on any atom is 0.267 e. The predicted octanol–water partition coefficient (Wildman–Crippen LogP) is 0.558. The van der Waals surface area contributed by atoms with Gasteiger partial charge in [0.1, 0.15) is 10.6 Å². The lowest BCUT2D eigenvalue weighted by Crippen LogP contribution is -2.37. The summed E-state index contributed by atoms with van der Waals surface area (Å²) in [5.41, 5.74) is 0.357. The van der Waals surface area contributed by atoms with Crippen LogP contribution in [0.3, 0.4) is 0 Å². The lowest BCUT2D eigenvalue weighted by molar-refractivity contribution is 0.0955. The molecule has 0 radical (unpaired) electrons. The number of aromatic nitrogens is 1. The van der Waals surface area contributed by atoms with E-state index in [1.165, 1.54) is 19.3 Å². The third-order valence-corrected chi connectivity index (χ3v) is 6.14. The number of piperidine rings is 1. The highest BCUT2D eigenvalue weighted by Gasteiger charge is 2.49. The second kappa shape index (κ2) is 4.60. The zero-order valence-corrected chi connectivity index (χ0v) is 12.5. The number of nitrogens with one attached hydrogen (secondary N) is 1. The number of carbonyl (C=O) groups is 1. The van der Waals surface area contributed by atoms with Crippen molar-refractivity contribution in [1.29, 1.82) is 0 Å². The molecule has 0 aromatic carbocycles. The number of rotatable bonds is 3. The first-order valence-electron chi connectivity index (χ1n) is 6.85. The summed E-state index contributed by atoms with van der Waals surface area (Å²) in [5, 5.41) is 2.52. The summed E-state index contributed by atoms with van der Waals surface area (Å²) in [7, 11) is -0.269. The van der Waals surface area contributed by atoms with E-state index in [1.54, 1.807) is 15.9 Å². The van der Waals surface area contributed by atoms with Crippen LogP contribution in [-0.2, 0) is 17.1 Å². The van der Waals surface area contributed by atoms with Gasteiger partial charge >= 0.3 is 0 Å². The molecule has 0 spiro atoms. The Morgan fingerprint density at radius 2 is 2.20 bits per heavy atom. The van der Waals surface area contributed by atoms with E-state index in [4.69, 9.17) is 0 Å². The molecule has 1 aliphatic heterocycles. The first kappa shape index (κ1) is 13.6. The fourth-order valence-electron chi connectivity index (χ4n) is 3.03. The minimum Gasteiger partial charge on any atom is -0.354 e. The van der Waals surface area contributed by atoms with E-state index in [0.29, 0.717) is 18.2 Å². The van der Waals surface area contributed by atoms with E-state index in [1.807, 2.05) is 0 Å². The van der Waals surface area contributed by atoms with Gasteiger partial charge in [-0.15, -0.1) is 0 Å². The third-order valence-electron chi connectivity index (χ3n) is 4.25. The van der Waals surface area contributed by atoms with Gasteiger partial charge in [0.25, 0.3) is 5.91 Å². The predicted molar refractivity (Wildman–Crippen MR) is 73.8 cm³/mol. The molecule has 1 aliphatic carbocycles. The van der Waals surface area contributed by atoms with Gasteiger partial charge in [0, 0.05) is 32.9 Å². The molecular weight excluding hydrogens is 278 g/mol. The molecule has 7 heteroatoms. The summed E-state index contributed by atoms with van der Waals surface area (Å²) < 4.78 is 28.5. The van der Waals surface area contributed by atoms with E-state index in [9.17, 15) is 13.2 Å². The largest absolute Gasteiger partial charge is 0.354 e. The van der Waals surface area contributed by atoms with Crippen LogP contribution in [0.4, 0.5) is 0 Å². The van der Waals surface area contributed by atoms with Crippen molar-refractivity contribution in [3.05, 3.63) is 18.0 Å². The molecule has 1 saturated carbocycles. The Hall–Kier alpha value is -1.34.